The minimum absolute atomic E-state index is 0.0137. The van der Waals surface area contributed by atoms with Gasteiger partial charge in [0.25, 0.3) is 0 Å². The summed E-state index contributed by atoms with van der Waals surface area (Å²) in [4.78, 5) is 13.4. The first-order valence-electron chi connectivity index (χ1n) is 10.6. The Balaban J connectivity index is 1.51. The second kappa shape index (κ2) is 9.59. The van der Waals surface area contributed by atoms with Crippen molar-refractivity contribution in [3.8, 4) is 12.3 Å². The van der Waals surface area contributed by atoms with Crippen LogP contribution in [0.25, 0.3) is 0 Å². The van der Waals surface area contributed by atoms with Gasteiger partial charge in [0.05, 0.1) is 24.8 Å². The second-order valence-corrected chi connectivity index (χ2v) is 8.04. The average Bonchev–Trinajstić information content (AvgIpc) is 3.24. The van der Waals surface area contributed by atoms with Crippen LogP contribution in [0.2, 0.25) is 0 Å². The number of benzene rings is 2. The molecule has 2 aromatic heterocycles. The van der Waals surface area contributed by atoms with Crippen LogP contribution < -0.4 is 0 Å². The van der Waals surface area contributed by atoms with Crippen LogP contribution in [0.5, 0.6) is 0 Å². The molecule has 0 saturated carbocycles. The Bertz CT molecular complexity index is 1240. The lowest BCUT2D eigenvalue weighted by Gasteiger charge is -2.14. The van der Waals surface area contributed by atoms with Gasteiger partial charge in [0.15, 0.2) is 0 Å². The van der Waals surface area contributed by atoms with Gasteiger partial charge in [0, 0.05) is 36.8 Å². The molecule has 4 rings (SSSR count). The molecule has 2 heterocycles. The molecule has 2 aromatic carbocycles. The van der Waals surface area contributed by atoms with E-state index in [2.05, 4.69) is 41.9 Å². The molecule has 0 radical (unpaired) electrons. The van der Waals surface area contributed by atoms with E-state index in [4.69, 9.17) is 11.4 Å². The summed E-state index contributed by atoms with van der Waals surface area (Å²) < 4.78 is 1.97. The van der Waals surface area contributed by atoms with E-state index >= 15 is 0 Å². The van der Waals surface area contributed by atoms with E-state index in [-0.39, 0.29) is 6.61 Å². The highest BCUT2D eigenvalue weighted by Crippen LogP contribution is 2.21. The lowest BCUT2D eigenvalue weighted by Crippen LogP contribution is -2.06. The first-order chi connectivity index (χ1) is 15.6. The monoisotopic (exact) mass is 422 g/mol. The molecule has 0 atom stereocenters. The van der Waals surface area contributed by atoms with E-state index in [1.807, 2.05) is 41.1 Å². The Kier molecular flexibility index (Phi) is 6.44. The summed E-state index contributed by atoms with van der Waals surface area (Å²) >= 11 is 0. The number of rotatable bonds is 7. The molecule has 0 aliphatic rings. The molecular formula is C27H26N4O. The summed E-state index contributed by atoms with van der Waals surface area (Å²) in [6.07, 6.45) is 12.2. The lowest BCUT2D eigenvalue weighted by molar-refractivity contribution is 0.271. The smallest absolute Gasteiger partial charge is 0.132 e. The summed E-state index contributed by atoms with van der Waals surface area (Å²) in [5, 5.41) is 9.46. The van der Waals surface area contributed by atoms with Crippen molar-refractivity contribution in [1.29, 1.82) is 0 Å². The number of hydrogen-bond acceptors (Lipinski definition) is 4. The van der Waals surface area contributed by atoms with Crippen molar-refractivity contribution in [1.82, 2.24) is 19.5 Å². The molecule has 0 saturated heterocycles. The van der Waals surface area contributed by atoms with Crippen LogP contribution in [0.15, 0.2) is 61.2 Å². The standard InChI is InChI=1S/C27H26N4O/c1-4-21-5-7-22(8-6-21)13-27-29-10-9-24(30-27)14-26-19(2)11-23(12-20(26)3)16-31-18-28-15-25(31)17-32/h1,5-12,15,18,32H,13-14,16-17H2,2-3H3. The van der Waals surface area contributed by atoms with Gasteiger partial charge in [-0.3, -0.25) is 0 Å². The molecule has 0 aliphatic heterocycles. The zero-order chi connectivity index (χ0) is 22.5. The topological polar surface area (TPSA) is 63.8 Å². The summed E-state index contributed by atoms with van der Waals surface area (Å²) in [6.45, 7) is 4.96. The van der Waals surface area contributed by atoms with Gasteiger partial charge in [-0.15, -0.1) is 6.42 Å². The Morgan fingerprint density at radius 2 is 1.75 bits per heavy atom. The van der Waals surface area contributed by atoms with E-state index in [1.54, 1.807) is 12.5 Å². The molecule has 5 heteroatoms. The van der Waals surface area contributed by atoms with E-state index in [9.17, 15) is 5.11 Å². The number of aromatic nitrogens is 4. The van der Waals surface area contributed by atoms with Crippen LogP contribution in [0.3, 0.4) is 0 Å². The maximum atomic E-state index is 9.46. The van der Waals surface area contributed by atoms with Gasteiger partial charge in [0.1, 0.15) is 5.82 Å². The van der Waals surface area contributed by atoms with E-state index in [0.29, 0.717) is 13.0 Å². The van der Waals surface area contributed by atoms with Gasteiger partial charge in [-0.2, -0.15) is 0 Å². The van der Waals surface area contributed by atoms with Crippen LogP contribution in [-0.2, 0) is 26.0 Å². The molecule has 0 amide bonds. The third kappa shape index (κ3) is 4.93. The van der Waals surface area contributed by atoms with Gasteiger partial charge in [-0.1, -0.05) is 30.2 Å². The maximum Gasteiger partial charge on any atom is 0.132 e. The summed E-state index contributed by atoms with van der Waals surface area (Å²) in [5.41, 5.74) is 8.77. The van der Waals surface area contributed by atoms with Gasteiger partial charge in [-0.25, -0.2) is 15.0 Å². The number of aryl methyl sites for hydroxylation is 2. The first kappa shape index (κ1) is 21.5. The van der Waals surface area contributed by atoms with Crippen LogP contribution in [0, 0.1) is 26.2 Å². The average molecular weight is 423 g/mol. The van der Waals surface area contributed by atoms with Crippen LogP contribution in [-0.4, -0.2) is 24.6 Å². The number of aliphatic hydroxyl groups is 1. The van der Waals surface area contributed by atoms with E-state index in [0.717, 1.165) is 34.8 Å². The minimum Gasteiger partial charge on any atom is -0.390 e. The van der Waals surface area contributed by atoms with Gasteiger partial charge < -0.3 is 9.67 Å². The molecule has 0 spiro atoms. The zero-order valence-electron chi connectivity index (χ0n) is 18.4. The number of hydrogen-bond donors (Lipinski definition) is 1. The minimum atomic E-state index is -0.0137. The highest BCUT2D eigenvalue weighted by atomic mass is 16.3. The molecule has 0 unspecified atom stereocenters. The van der Waals surface area contributed by atoms with E-state index in [1.165, 1.54) is 22.3 Å². The number of aliphatic hydroxyl groups excluding tert-OH is 1. The third-order valence-electron chi connectivity index (χ3n) is 5.67. The Labute approximate surface area is 188 Å². The van der Waals surface area contributed by atoms with E-state index < -0.39 is 0 Å². The molecule has 5 nitrogen and oxygen atoms in total. The number of nitrogens with zero attached hydrogens (tertiary/aromatic N) is 4. The third-order valence-corrected chi connectivity index (χ3v) is 5.67. The molecule has 1 N–H and O–H groups in total. The fourth-order valence-corrected chi connectivity index (χ4v) is 3.98. The fraction of sp³-hybridized carbons (Fsp3) is 0.222. The van der Waals surface area contributed by atoms with Crippen molar-refractivity contribution in [2.75, 3.05) is 0 Å². The molecule has 160 valence electrons. The molecule has 0 aliphatic carbocycles. The lowest BCUT2D eigenvalue weighted by atomic mass is 9.95. The quantitative estimate of drug-likeness (QED) is 0.458. The molecular weight excluding hydrogens is 396 g/mol. The molecule has 0 bridgehead atoms. The Morgan fingerprint density at radius 1 is 1.00 bits per heavy atom. The predicted molar refractivity (Wildman–Crippen MR) is 125 cm³/mol. The fourth-order valence-electron chi connectivity index (χ4n) is 3.98. The Hall–Kier alpha value is -3.75. The second-order valence-electron chi connectivity index (χ2n) is 8.04. The highest BCUT2D eigenvalue weighted by Gasteiger charge is 2.10. The van der Waals surface area contributed by atoms with Crippen molar-refractivity contribution in [2.45, 2.75) is 39.8 Å². The molecule has 4 aromatic rings. The molecule has 0 fully saturated rings. The first-order valence-corrected chi connectivity index (χ1v) is 10.6. The zero-order valence-corrected chi connectivity index (χ0v) is 18.4. The van der Waals surface area contributed by atoms with Crippen molar-refractivity contribution < 1.29 is 5.11 Å². The normalized spacial score (nSPS) is 10.8. The van der Waals surface area contributed by atoms with Crippen molar-refractivity contribution >= 4 is 0 Å². The SMILES string of the molecule is C#Cc1ccc(Cc2nccc(Cc3c(C)cc(Cn4cncc4CO)cc3C)n2)cc1. The number of imidazole rings is 1. The van der Waals surface area contributed by atoms with Gasteiger partial charge in [0.2, 0.25) is 0 Å². The van der Waals surface area contributed by atoms with Gasteiger partial charge in [-0.05, 0) is 59.9 Å². The van der Waals surface area contributed by atoms with Crippen molar-refractivity contribution in [3.05, 3.63) is 112 Å². The predicted octanol–water partition coefficient (Wildman–Crippen LogP) is 3.99. The van der Waals surface area contributed by atoms with Crippen LogP contribution >= 0.6 is 0 Å². The van der Waals surface area contributed by atoms with Crippen LogP contribution in [0.4, 0.5) is 0 Å². The van der Waals surface area contributed by atoms with Crippen molar-refractivity contribution in [3.63, 3.8) is 0 Å². The van der Waals surface area contributed by atoms with Crippen LogP contribution in [0.1, 0.15) is 50.6 Å². The maximum absolute atomic E-state index is 9.46. The highest BCUT2D eigenvalue weighted by molar-refractivity contribution is 5.40. The number of terminal acetylenes is 1. The van der Waals surface area contributed by atoms with Gasteiger partial charge >= 0.3 is 0 Å². The largest absolute Gasteiger partial charge is 0.390 e. The summed E-state index contributed by atoms with van der Waals surface area (Å²) in [6, 6.07) is 14.3. The van der Waals surface area contributed by atoms with Crippen molar-refractivity contribution in [2.24, 2.45) is 0 Å². The summed E-state index contributed by atoms with van der Waals surface area (Å²) in [5.74, 6) is 3.44. The summed E-state index contributed by atoms with van der Waals surface area (Å²) in [7, 11) is 0. The Morgan fingerprint density at radius 3 is 2.44 bits per heavy atom. The molecule has 32 heavy (non-hydrogen) atoms.